The highest BCUT2D eigenvalue weighted by Crippen LogP contribution is 2.24. The van der Waals surface area contributed by atoms with E-state index in [2.05, 4.69) is 0 Å². The van der Waals surface area contributed by atoms with Gasteiger partial charge in [0.25, 0.3) is 0 Å². The van der Waals surface area contributed by atoms with Gasteiger partial charge in [0.1, 0.15) is 11.3 Å². The van der Waals surface area contributed by atoms with Crippen LogP contribution < -0.4 is 10.6 Å². The highest BCUT2D eigenvalue weighted by molar-refractivity contribution is 5.68. The van der Waals surface area contributed by atoms with Crippen molar-refractivity contribution in [3.8, 4) is 0 Å². The van der Waals surface area contributed by atoms with Gasteiger partial charge in [-0.05, 0) is 32.9 Å². The first-order valence-corrected chi connectivity index (χ1v) is 7.15. The minimum absolute atomic E-state index is 0.373. The van der Waals surface area contributed by atoms with Crippen LogP contribution in [-0.4, -0.2) is 42.8 Å². The Morgan fingerprint density at radius 3 is 2.09 bits per heavy atom. The minimum Gasteiger partial charge on any atom is -0.444 e. The van der Waals surface area contributed by atoms with Crippen LogP contribution in [0.3, 0.4) is 0 Å². The molecule has 0 unspecified atom stereocenters. The number of hydrogen-bond donors (Lipinski definition) is 1. The van der Waals surface area contributed by atoms with E-state index in [0.717, 1.165) is 0 Å². The normalized spacial score (nSPS) is 15.9. The summed E-state index contributed by atoms with van der Waals surface area (Å²) in [6.45, 7) is 7.23. The lowest BCUT2D eigenvalue weighted by molar-refractivity contribution is 0.0240. The van der Waals surface area contributed by atoms with Crippen LogP contribution in [0.5, 0.6) is 0 Å². The molecule has 0 aromatic heterocycles. The summed E-state index contributed by atoms with van der Waals surface area (Å²) in [4.78, 5) is 15.4. The lowest BCUT2D eigenvalue weighted by Crippen LogP contribution is -2.50. The van der Waals surface area contributed by atoms with E-state index < -0.39 is 22.9 Å². The number of anilines is 2. The van der Waals surface area contributed by atoms with E-state index >= 15 is 0 Å². The van der Waals surface area contributed by atoms with Gasteiger partial charge in [0.2, 0.25) is 0 Å². The van der Waals surface area contributed by atoms with Crippen LogP contribution in [0.1, 0.15) is 20.8 Å². The first kappa shape index (κ1) is 16.3. The Hall–Kier alpha value is -2.05. The van der Waals surface area contributed by atoms with E-state index in [0.29, 0.717) is 31.9 Å². The quantitative estimate of drug-likeness (QED) is 0.810. The summed E-state index contributed by atoms with van der Waals surface area (Å²) in [5.41, 5.74) is 4.67. The van der Waals surface area contributed by atoms with E-state index in [1.54, 1.807) is 25.7 Å². The second-order valence-electron chi connectivity index (χ2n) is 6.28. The number of rotatable bonds is 1. The van der Waals surface area contributed by atoms with Crippen molar-refractivity contribution in [3.05, 3.63) is 23.8 Å². The van der Waals surface area contributed by atoms with Crippen molar-refractivity contribution in [1.82, 2.24) is 4.90 Å². The highest BCUT2D eigenvalue weighted by Gasteiger charge is 2.26. The van der Waals surface area contributed by atoms with Gasteiger partial charge < -0.3 is 20.3 Å². The zero-order chi connectivity index (χ0) is 16.5. The molecule has 2 rings (SSSR count). The van der Waals surface area contributed by atoms with Crippen molar-refractivity contribution in [2.24, 2.45) is 0 Å². The molecule has 1 saturated heterocycles. The molecule has 7 heteroatoms. The second kappa shape index (κ2) is 5.98. The molecule has 122 valence electrons. The minimum atomic E-state index is -0.774. The molecular formula is C15H21F2N3O2. The van der Waals surface area contributed by atoms with Gasteiger partial charge in [-0.3, -0.25) is 0 Å². The largest absolute Gasteiger partial charge is 0.444 e. The summed E-state index contributed by atoms with van der Waals surface area (Å²) in [6, 6.07) is 2.42. The van der Waals surface area contributed by atoms with Crippen LogP contribution in [0.4, 0.5) is 25.0 Å². The molecule has 0 atom stereocenters. The maximum absolute atomic E-state index is 13.5. The molecule has 1 amide bonds. The van der Waals surface area contributed by atoms with E-state index in [1.165, 1.54) is 12.1 Å². The fourth-order valence-corrected chi connectivity index (χ4v) is 2.23. The van der Waals surface area contributed by atoms with Crippen molar-refractivity contribution in [3.63, 3.8) is 0 Å². The number of hydrogen-bond acceptors (Lipinski definition) is 4. The molecule has 1 aliphatic heterocycles. The molecule has 0 bridgehead atoms. The Morgan fingerprint density at radius 1 is 1.14 bits per heavy atom. The zero-order valence-corrected chi connectivity index (χ0v) is 13.0. The lowest BCUT2D eigenvalue weighted by atomic mass is 10.2. The molecule has 2 N–H and O–H groups in total. The maximum atomic E-state index is 13.5. The molecule has 1 fully saturated rings. The standard InChI is InChI=1S/C15H21F2N3O2/c1-15(2,3)22-14(21)20-6-4-19(5-7-20)10-8-11(16)13(18)12(17)9-10/h8-9H,4-7,18H2,1-3H3. The number of benzene rings is 1. The zero-order valence-electron chi connectivity index (χ0n) is 13.0. The van der Waals surface area contributed by atoms with E-state index in [4.69, 9.17) is 10.5 Å². The predicted molar refractivity (Wildman–Crippen MR) is 80.8 cm³/mol. The number of carbonyl (C=O) groups is 1. The summed E-state index contributed by atoms with van der Waals surface area (Å²) in [7, 11) is 0. The lowest BCUT2D eigenvalue weighted by Gasteiger charge is -2.36. The van der Waals surface area contributed by atoms with Gasteiger partial charge in [0.05, 0.1) is 0 Å². The fourth-order valence-electron chi connectivity index (χ4n) is 2.23. The molecule has 0 spiro atoms. The van der Waals surface area contributed by atoms with Crippen LogP contribution >= 0.6 is 0 Å². The van der Waals surface area contributed by atoms with Gasteiger partial charge >= 0.3 is 6.09 Å². The average Bonchev–Trinajstić information content (AvgIpc) is 2.42. The third kappa shape index (κ3) is 3.78. The number of nitrogen functional groups attached to an aromatic ring is 1. The molecule has 0 aliphatic carbocycles. The van der Waals surface area contributed by atoms with Crippen molar-refractivity contribution in [2.75, 3.05) is 36.8 Å². The molecule has 0 radical (unpaired) electrons. The van der Waals surface area contributed by atoms with Crippen LogP contribution in [0, 0.1) is 11.6 Å². The third-order valence-corrected chi connectivity index (χ3v) is 3.36. The van der Waals surface area contributed by atoms with Crippen LogP contribution in [0.15, 0.2) is 12.1 Å². The number of nitrogens with zero attached hydrogens (tertiary/aromatic N) is 2. The van der Waals surface area contributed by atoms with E-state index in [-0.39, 0.29) is 6.09 Å². The van der Waals surface area contributed by atoms with Gasteiger partial charge in [-0.1, -0.05) is 0 Å². The van der Waals surface area contributed by atoms with Gasteiger partial charge in [-0.15, -0.1) is 0 Å². The Balaban J connectivity index is 1.99. The predicted octanol–water partition coefficient (Wildman–Crippen LogP) is 2.60. The first-order valence-electron chi connectivity index (χ1n) is 7.15. The van der Waals surface area contributed by atoms with Crippen LogP contribution in [-0.2, 0) is 4.74 Å². The summed E-state index contributed by atoms with van der Waals surface area (Å²) in [5, 5.41) is 0. The Kier molecular flexibility index (Phi) is 4.44. The molecule has 22 heavy (non-hydrogen) atoms. The number of halogens is 2. The third-order valence-electron chi connectivity index (χ3n) is 3.36. The van der Waals surface area contributed by atoms with E-state index in [9.17, 15) is 13.6 Å². The van der Waals surface area contributed by atoms with Gasteiger partial charge in [0.15, 0.2) is 11.6 Å². The molecule has 1 heterocycles. The first-order chi connectivity index (χ1) is 10.2. The van der Waals surface area contributed by atoms with E-state index in [1.807, 2.05) is 4.90 Å². The number of carbonyl (C=O) groups excluding carboxylic acids is 1. The van der Waals surface area contributed by atoms with Crippen LogP contribution in [0.25, 0.3) is 0 Å². The summed E-state index contributed by atoms with van der Waals surface area (Å²) in [6.07, 6.45) is -0.373. The molecule has 5 nitrogen and oxygen atoms in total. The Morgan fingerprint density at radius 2 is 1.64 bits per heavy atom. The number of piperazine rings is 1. The molecule has 1 aromatic rings. The number of ether oxygens (including phenoxy) is 1. The molecule has 0 saturated carbocycles. The summed E-state index contributed by atoms with van der Waals surface area (Å²) >= 11 is 0. The maximum Gasteiger partial charge on any atom is 0.410 e. The fraction of sp³-hybridized carbons (Fsp3) is 0.533. The van der Waals surface area contributed by atoms with Crippen molar-refractivity contribution < 1.29 is 18.3 Å². The Labute approximate surface area is 128 Å². The number of amides is 1. The van der Waals surface area contributed by atoms with Crippen molar-refractivity contribution in [2.45, 2.75) is 26.4 Å². The SMILES string of the molecule is CC(C)(C)OC(=O)N1CCN(c2cc(F)c(N)c(F)c2)CC1. The smallest absolute Gasteiger partial charge is 0.410 e. The van der Waals surface area contributed by atoms with Gasteiger partial charge in [-0.2, -0.15) is 0 Å². The molecule has 1 aromatic carbocycles. The van der Waals surface area contributed by atoms with Crippen molar-refractivity contribution >= 4 is 17.5 Å². The monoisotopic (exact) mass is 313 g/mol. The summed E-state index contributed by atoms with van der Waals surface area (Å²) in [5.74, 6) is -1.55. The average molecular weight is 313 g/mol. The molecular weight excluding hydrogens is 292 g/mol. The second-order valence-corrected chi connectivity index (χ2v) is 6.28. The topological polar surface area (TPSA) is 58.8 Å². The Bertz CT molecular complexity index is 541. The highest BCUT2D eigenvalue weighted by atomic mass is 19.1. The summed E-state index contributed by atoms with van der Waals surface area (Å²) < 4.78 is 32.3. The van der Waals surface area contributed by atoms with Gasteiger partial charge in [-0.25, -0.2) is 13.6 Å². The van der Waals surface area contributed by atoms with Crippen molar-refractivity contribution in [1.29, 1.82) is 0 Å². The van der Waals surface area contributed by atoms with Crippen LogP contribution in [0.2, 0.25) is 0 Å². The number of nitrogens with two attached hydrogens (primary N) is 1. The molecule has 1 aliphatic rings. The van der Waals surface area contributed by atoms with Gasteiger partial charge in [0, 0.05) is 31.9 Å².